The van der Waals surface area contributed by atoms with E-state index in [0.717, 1.165) is 0 Å². The first-order valence-corrected chi connectivity index (χ1v) is 4.77. The third kappa shape index (κ3) is 2.08. The number of nitrogens with zero attached hydrogens (tertiary/aromatic N) is 1. The van der Waals surface area contributed by atoms with E-state index >= 15 is 0 Å². The number of hydrogen-bond acceptors (Lipinski definition) is 2. The second kappa shape index (κ2) is 3.90. The standard InChI is InChI=1S/C8H3Br2NO2/c9-5-1-4(3-11)7(10)6(2-5)8(12)13/h1-2H,(H,12,13). The molecule has 0 radical (unpaired) electrons. The van der Waals surface area contributed by atoms with Gasteiger partial charge in [-0.15, -0.1) is 0 Å². The predicted molar refractivity (Wildman–Crippen MR) is 53.5 cm³/mol. The van der Waals surface area contributed by atoms with E-state index in [1.54, 1.807) is 6.07 Å². The Morgan fingerprint density at radius 2 is 2.08 bits per heavy atom. The van der Waals surface area contributed by atoms with Crippen LogP contribution in [0.25, 0.3) is 0 Å². The van der Waals surface area contributed by atoms with Gasteiger partial charge in [0.25, 0.3) is 0 Å². The highest BCUT2D eigenvalue weighted by atomic mass is 79.9. The van der Waals surface area contributed by atoms with E-state index in [1.807, 2.05) is 6.07 Å². The fourth-order valence-electron chi connectivity index (χ4n) is 0.826. The normalized spacial score (nSPS) is 9.31. The van der Waals surface area contributed by atoms with Crippen molar-refractivity contribution in [2.45, 2.75) is 0 Å². The first-order chi connectivity index (χ1) is 6.06. The molecular formula is C8H3Br2NO2. The Kier molecular flexibility index (Phi) is 3.07. The number of rotatable bonds is 1. The van der Waals surface area contributed by atoms with E-state index in [9.17, 15) is 4.79 Å². The Bertz CT molecular complexity index is 409. The minimum absolute atomic E-state index is 0.0749. The average molecular weight is 305 g/mol. The molecule has 0 heterocycles. The van der Waals surface area contributed by atoms with Gasteiger partial charge in [-0.2, -0.15) is 5.26 Å². The molecule has 0 amide bonds. The van der Waals surface area contributed by atoms with Crippen LogP contribution < -0.4 is 0 Å². The molecule has 0 aliphatic carbocycles. The highest BCUT2D eigenvalue weighted by Gasteiger charge is 2.12. The molecule has 0 atom stereocenters. The highest BCUT2D eigenvalue weighted by molar-refractivity contribution is 9.11. The van der Waals surface area contributed by atoms with Gasteiger partial charge in [0, 0.05) is 8.95 Å². The van der Waals surface area contributed by atoms with E-state index in [-0.39, 0.29) is 5.56 Å². The number of benzene rings is 1. The van der Waals surface area contributed by atoms with Crippen LogP contribution in [0.2, 0.25) is 0 Å². The van der Waals surface area contributed by atoms with Gasteiger partial charge >= 0.3 is 5.97 Å². The lowest BCUT2D eigenvalue weighted by Gasteiger charge is -2.01. The first kappa shape index (κ1) is 10.2. The van der Waals surface area contributed by atoms with Gasteiger partial charge in [0.2, 0.25) is 0 Å². The molecule has 1 aromatic rings. The van der Waals surface area contributed by atoms with Crippen LogP contribution in [0, 0.1) is 11.3 Å². The van der Waals surface area contributed by atoms with Crippen molar-refractivity contribution in [2.75, 3.05) is 0 Å². The predicted octanol–water partition coefficient (Wildman–Crippen LogP) is 2.78. The van der Waals surface area contributed by atoms with E-state index < -0.39 is 5.97 Å². The van der Waals surface area contributed by atoms with E-state index in [0.29, 0.717) is 14.5 Å². The Morgan fingerprint density at radius 1 is 1.46 bits per heavy atom. The smallest absolute Gasteiger partial charge is 0.336 e. The summed E-state index contributed by atoms with van der Waals surface area (Å²) in [5.74, 6) is -1.07. The quantitative estimate of drug-likeness (QED) is 0.868. The topological polar surface area (TPSA) is 61.1 Å². The summed E-state index contributed by atoms with van der Waals surface area (Å²) in [6.45, 7) is 0. The van der Waals surface area contributed by atoms with Crippen LogP contribution in [0.15, 0.2) is 21.1 Å². The number of nitriles is 1. The number of halogens is 2. The van der Waals surface area contributed by atoms with Crippen LogP contribution in [0.5, 0.6) is 0 Å². The molecule has 5 heteroatoms. The number of aromatic carboxylic acids is 1. The molecule has 0 unspecified atom stereocenters. The number of hydrogen-bond donors (Lipinski definition) is 1. The second-order valence-corrected chi connectivity index (χ2v) is 3.94. The Labute approximate surface area is 91.2 Å². The number of carbonyl (C=O) groups is 1. The average Bonchev–Trinajstić information content (AvgIpc) is 2.08. The fourth-order valence-corrected chi connectivity index (χ4v) is 1.77. The highest BCUT2D eigenvalue weighted by Crippen LogP contribution is 2.25. The summed E-state index contributed by atoms with van der Waals surface area (Å²) in [6, 6.07) is 4.88. The largest absolute Gasteiger partial charge is 0.478 e. The second-order valence-electron chi connectivity index (χ2n) is 2.23. The minimum Gasteiger partial charge on any atom is -0.478 e. The summed E-state index contributed by atoms with van der Waals surface area (Å²) in [6.07, 6.45) is 0. The molecule has 0 aromatic heterocycles. The Hall–Kier alpha value is -0.860. The molecule has 0 fully saturated rings. The molecular weight excluding hydrogens is 302 g/mol. The fraction of sp³-hybridized carbons (Fsp3) is 0. The summed E-state index contributed by atoms with van der Waals surface area (Å²) in [5.41, 5.74) is 0.373. The lowest BCUT2D eigenvalue weighted by Crippen LogP contribution is -1.99. The zero-order valence-electron chi connectivity index (χ0n) is 6.21. The van der Waals surface area contributed by atoms with Crippen LogP contribution in [-0.2, 0) is 0 Å². The van der Waals surface area contributed by atoms with Crippen LogP contribution in [0.4, 0.5) is 0 Å². The van der Waals surface area contributed by atoms with Gasteiger partial charge in [-0.1, -0.05) is 15.9 Å². The lowest BCUT2D eigenvalue weighted by molar-refractivity contribution is 0.0696. The van der Waals surface area contributed by atoms with Gasteiger partial charge in [-0.25, -0.2) is 4.79 Å². The number of carboxylic acid groups (broad SMARTS) is 1. The first-order valence-electron chi connectivity index (χ1n) is 3.18. The summed E-state index contributed by atoms with van der Waals surface area (Å²) >= 11 is 6.17. The SMILES string of the molecule is N#Cc1cc(Br)cc(C(=O)O)c1Br. The molecule has 1 N–H and O–H groups in total. The monoisotopic (exact) mass is 303 g/mol. The van der Waals surface area contributed by atoms with Crippen molar-refractivity contribution in [2.24, 2.45) is 0 Å². The van der Waals surface area contributed by atoms with Crippen LogP contribution in [0.1, 0.15) is 15.9 Å². The van der Waals surface area contributed by atoms with Gasteiger partial charge in [0.1, 0.15) is 6.07 Å². The molecule has 0 spiro atoms. The van der Waals surface area contributed by atoms with E-state index in [1.165, 1.54) is 6.07 Å². The lowest BCUT2D eigenvalue weighted by atomic mass is 10.1. The van der Waals surface area contributed by atoms with Gasteiger partial charge < -0.3 is 5.11 Å². The van der Waals surface area contributed by atoms with Crippen LogP contribution in [-0.4, -0.2) is 11.1 Å². The molecule has 0 bridgehead atoms. The molecule has 3 nitrogen and oxygen atoms in total. The van der Waals surface area contributed by atoms with Gasteiger partial charge in [-0.3, -0.25) is 0 Å². The van der Waals surface area contributed by atoms with Crippen molar-refractivity contribution in [1.82, 2.24) is 0 Å². The third-order valence-corrected chi connectivity index (χ3v) is 2.70. The summed E-state index contributed by atoms with van der Waals surface area (Å²) in [7, 11) is 0. The molecule has 66 valence electrons. The molecule has 0 saturated heterocycles. The van der Waals surface area contributed by atoms with Gasteiger partial charge in [0.15, 0.2) is 0 Å². The molecule has 0 aliphatic heterocycles. The summed E-state index contributed by atoms with van der Waals surface area (Å²) < 4.78 is 0.885. The van der Waals surface area contributed by atoms with E-state index in [4.69, 9.17) is 10.4 Å². The van der Waals surface area contributed by atoms with Crippen molar-refractivity contribution in [3.8, 4) is 6.07 Å². The van der Waals surface area contributed by atoms with Crippen LogP contribution in [0.3, 0.4) is 0 Å². The maximum Gasteiger partial charge on any atom is 0.336 e. The van der Waals surface area contributed by atoms with Crippen molar-refractivity contribution in [3.05, 3.63) is 32.2 Å². The summed E-state index contributed by atoms with van der Waals surface area (Å²) in [4.78, 5) is 10.7. The minimum atomic E-state index is -1.07. The van der Waals surface area contributed by atoms with E-state index in [2.05, 4.69) is 31.9 Å². The zero-order valence-corrected chi connectivity index (χ0v) is 9.39. The maximum atomic E-state index is 10.7. The third-order valence-electron chi connectivity index (χ3n) is 1.39. The molecule has 1 aromatic carbocycles. The van der Waals surface area contributed by atoms with Gasteiger partial charge in [-0.05, 0) is 28.1 Å². The van der Waals surface area contributed by atoms with Crippen molar-refractivity contribution < 1.29 is 9.90 Å². The molecule has 0 saturated carbocycles. The number of carboxylic acids is 1. The summed E-state index contributed by atoms with van der Waals surface area (Å²) in [5, 5.41) is 17.4. The maximum absolute atomic E-state index is 10.7. The van der Waals surface area contributed by atoms with Crippen molar-refractivity contribution >= 4 is 37.8 Å². The van der Waals surface area contributed by atoms with Crippen molar-refractivity contribution in [3.63, 3.8) is 0 Å². The Morgan fingerprint density at radius 3 is 2.54 bits per heavy atom. The molecule has 1 rings (SSSR count). The molecule has 13 heavy (non-hydrogen) atoms. The van der Waals surface area contributed by atoms with Gasteiger partial charge in [0.05, 0.1) is 11.1 Å². The Balaban J connectivity index is 3.47. The molecule has 0 aliphatic rings. The van der Waals surface area contributed by atoms with Crippen LogP contribution >= 0.6 is 31.9 Å². The zero-order chi connectivity index (χ0) is 10.0. The van der Waals surface area contributed by atoms with Crippen molar-refractivity contribution in [1.29, 1.82) is 5.26 Å².